The highest BCUT2D eigenvalue weighted by atomic mass is 16.7. The average molecular weight is 608 g/mol. The topological polar surface area (TPSA) is 23.4 Å². The molecule has 47 heavy (non-hydrogen) atoms. The molecule has 10 rings (SSSR count). The lowest BCUT2D eigenvalue weighted by molar-refractivity contribution is 0.00578. The van der Waals surface area contributed by atoms with E-state index in [1.54, 1.807) is 0 Å². The van der Waals surface area contributed by atoms with E-state index in [0.29, 0.717) is 0 Å². The molecule has 0 radical (unpaired) electrons. The molecule has 2 aliphatic carbocycles. The maximum Gasteiger partial charge on any atom is 0.494 e. The second-order valence-electron chi connectivity index (χ2n) is 14.3. The van der Waals surface area contributed by atoms with Gasteiger partial charge in [-0.1, -0.05) is 103 Å². The van der Waals surface area contributed by atoms with Crippen molar-refractivity contribution in [1.82, 2.24) is 4.57 Å². The van der Waals surface area contributed by atoms with Crippen molar-refractivity contribution in [3.8, 4) is 27.9 Å². The van der Waals surface area contributed by atoms with Crippen LogP contribution in [0.3, 0.4) is 0 Å². The van der Waals surface area contributed by atoms with Crippen LogP contribution in [0.25, 0.3) is 49.7 Å². The van der Waals surface area contributed by atoms with Crippen LogP contribution in [0.1, 0.15) is 49.9 Å². The number of hydrogen-bond acceptors (Lipinski definition) is 2. The number of benzene rings is 6. The molecule has 3 aliphatic rings. The van der Waals surface area contributed by atoms with Crippen LogP contribution in [-0.4, -0.2) is 22.9 Å². The largest absolute Gasteiger partial charge is 0.494 e. The van der Waals surface area contributed by atoms with Crippen LogP contribution < -0.4 is 5.46 Å². The summed E-state index contributed by atoms with van der Waals surface area (Å²) in [6, 6.07) is 49.5. The maximum atomic E-state index is 6.52. The van der Waals surface area contributed by atoms with Crippen LogP contribution in [0.4, 0.5) is 0 Å². The van der Waals surface area contributed by atoms with Crippen molar-refractivity contribution in [2.75, 3.05) is 0 Å². The third kappa shape index (κ3) is 3.39. The highest BCUT2D eigenvalue weighted by Crippen LogP contribution is 2.63. The second kappa shape index (κ2) is 9.13. The van der Waals surface area contributed by atoms with Gasteiger partial charge in [0.25, 0.3) is 0 Å². The smallest absolute Gasteiger partial charge is 0.399 e. The van der Waals surface area contributed by atoms with Gasteiger partial charge in [-0.15, -0.1) is 0 Å². The Morgan fingerprint density at radius 1 is 0.468 bits per heavy atom. The zero-order chi connectivity index (χ0) is 31.7. The van der Waals surface area contributed by atoms with Crippen LogP contribution in [0.2, 0.25) is 0 Å². The molecule has 0 unspecified atom stereocenters. The zero-order valence-electron chi connectivity index (χ0n) is 27.0. The van der Waals surface area contributed by atoms with Gasteiger partial charge in [0, 0.05) is 16.5 Å². The summed E-state index contributed by atoms with van der Waals surface area (Å²) in [4.78, 5) is 0. The number of aromatic nitrogens is 1. The van der Waals surface area contributed by atoms with Crippen molar-refractivity contribution >= 4 is 34.4 Å². The number of hydrogen-bond donors (Lipinski definition) is 0. The fourth-order valence-electron chi connectivity index (χ4n) is 8.60. The zero-order valence-corrected chi connectivity index (χ0v) is 27.0. The molecule has 3 nitrogen and oxygen atoms in total. The van der Waals surface area contributed by atoms with Gasteiger partial charge in [-0.25, -0.2) is 0 Å². The lowest BCUT2D eigenvalue weighted by Crippen LogP contribution is -2.41. The Balaban J connectivity index is 1.31. The van der Waals surface area contributed by atoms with E-state index in [4.69, 9.17) is 9.31 Å². The summed E-state index contributed by atoms with van der Waals surface area (Å²) in [5, 5.41) is 2.43. The minimum absolute atomic E-state index is 0.390. The first kappa shape index (κ1) is 27.2. The van der Waals surface area contributed by atoms with E-state index in [0.717, 1.165) is 11.2 Å². The molecule has 7 aromatic rings. The Morgan fingerprint density at radius 2 is 0.979 bits per heavy atom. The van der Waals surface area contributed by atoms with Crippen molar-refractivity contribution in [1.29, 1.82) is 0 Å². The molecule has 6 aromatic carbocycles. The van der Waals surface area contributed by atoms with Crippen LogP contribution >= 0.6 is 0 Å². The Bertz CT molecular complexity index is 2380. The third-order valence-electron chi connectivity index (χ3n) is 11.4. The van der Waals surface area contributed by atoms with Gasteiger partial charge in [0.2, 0.25) is 0 Å². The number of para-hydroxylation sites is 1. The first-order chi connectivity index (χ1) is 22.8. The van der Waals surface area contributed by atoms with Gasteiger partial charge >= 0.3 is 7.12 Å². The summed E-state index contributed by atoms with van der Waals surface area (Å²) in [5.41, 5.74) is 14.0. The van der Waals surface area contributed by atoms with Crippen molar-refractivity contribution in [3.05, 3.63) is 156 Å². The van der Waals surface area contributed by atoms with E-state index in [2.05, 4.69) is 166 Å². The molecule has 226 valence electrons. The monoisotopic (exact) mass is 607 g/mol. The summed E-state index contributed by atoms with van der Waals surface area (Å²) in [6.07, 6.45) is 0. The summed E-state index contributed by atoms with van der Waals surface area (Å²) in [5.74, 6) is 0. The molecule has 0 bridgehead atoms. The lowest BCUT2D eigenvalue weighted by atomic mass is 9.70. The first-order valence-electron chi connectivity index (χ1n) is 16.6. The van der Waals surface area contributed by atoms with Crippen LogP contribution in [0.5, 0.6) is 0 Å². The predicted molar refractivity (Wildman–Crippen MR) is 193 cm³/mol. The van der Waals surface area contributed by atoms with Crippen molar-refractivity contribution in [3.63, 3.8) is 0 Å². The third-order valence-corrected chi connectivity index (χ3v) is 11.4. The normalized spacial score (nSPS) is 17.7. The van der Waals surface area contributed by atoms with Gasteiger partial charge < -0.3 is 13.9 Å². The van der Waals surface area contributed by atoms with Crippen molar-refractivity contribution in [2.24, 2.45) is 0 Å². The SMILES string of the molecule is CC1(C)OB(c2ccc3c(c2)c2cc4c(cc2n3-c2ccccc2)C2(c3ccccc3-c3ccccc32)c2ccccc2-4)OC1(C)C. The Kier molecular flexibility index (Phi) is 5.29. The minimum atomic E-state index is -0.426. The summed E-state index contributed by atoms with van der Waals surface area (Å²) >= 11 is 0. The predicted octanol–water partition coefficient (Wildman–Crippen LogP) is 9.43. The molecule has 0 amide bonds. The highest BCUT2D eigenvalue weighted by molar-refractivity contribution is 6.62. The standard InChI is InChI=1S/C43H34BNO2/c1-41(2)42(3,4)47-44(46-41)27-22-23-39-33(24-27)34-25-32-31-18-10-13-21-37(31)43(38(32)26-40(34)45(39)28-14-6-5-7-15-28)35-19-11-8-16-29(35)30-17-9-12-20-36(30)43/h5-26H,1-4H3. The molecule has 1 fully saturated rings. The number of fused-ring (bicyclic) bond motifs is 13. The molecular formula is C43H34BNO2. The molecule has 0 N–H and O–H groups in total. The average Bonchev–Trinajstić information content (AvgIpc) is 3.74. The van der Waals surface area contributed by atoms with Gasteiger partial charge in [-0.3, -0.25) is 0 Å². The van der Waals surface area contributed by atoms with Gasteiger partial charge in [0.15, 0.2) is 0 Å². The van der Waals surface area contributed by atoms with Crippen LogP contribution in [-0.2, 0) is 14.7 Å². The molecule has 1 aromatic heterocycles. The van der Waals surface area contributed by atoms with Gasteiger partial charge in [-0.05, 0) is 108 Å². The summed E-state index contributed by atoms with van der Waals surface area (Å²) in [7, 11) is -0.426. The van der Waals surface area contributed by atoms with Gasteiger partial charge in [0.1, 0.15) is 0 Å². The highest BCUT2D eigenvalue weighted by Gasteiger charge is 2.53. The Labute approximate surface area is 275 Å². The van der Waals surface area contributed by atoms with Gasteiger partial charge in [0.05, 0.1) is 27.7 Å². The molecule has 1 aliphatic heterocycles. The second-order valence-corrected chi connectivity index (χ2v) is 14.3. The molecule has 2 heterocycles. The van der Waals surface area contributed by atoms with Crippen molar-refractivity contribution < 1.29 is 9.31 Å². The van der Waals surface area contributed by atoms with Crippen LogP contribution in [0.15, 0.2) is 133 Å². The molecule has 0 saturated carbocycles. The Hall–Kier alpha value is -4.90. The maximum absolute atomic E-state index is 6.52. The molecule has 1 spiro atoms. The molecule has 1 saturated heterocycles. The molecule has 4 heteroatoms. The fraction of sp³-hybridized carbons (Fsp3) is 0.163. The van der Waals surface area contributed by atoms with Crippen molar-refractivity contribution in [2.45, 2.75) is 44.3 Å². The van der Waals surface area contributed by atoms with E-state index in [1.165, 1.54) is 66.3 Å². The molecular weight excluding hydrogens is 573 g/mol. The molecule has 0 atom stereocenters. The van der Waals surface area contributed by atoms with Crippen LogP contribution in [0, 0.1) is 0 Å². The number of rotatable bonds is 2. The van der Waals surface area contributed by atoms with E-state index in [9.17, 15) is 0 Å². The van der Waals surface area contributed by atoms with E-state index in [-0.39, 0.29) is 5.41 Å². The minimum Gasteiger partial charge on any atom is -0.399 e. The van der Waals surface area contributed by atoms with Gasteiger partial charge in [-0.2, -0.15) is 0 Å². The Morgan fingerprint density at radius 3 is 1.57 bits per heavy atom. The summed E-state index contributed by atoms with van der Waals surface area (Å²) in [6.45, 7) is 8.46. The number of nitrogens with zero attached hydrogens (tertiary/aromatic N) is 1. The van der Waals surface area contributed by atoms with E-state index < -0.39 is 18.3 Å². The quantitative estimate of drug-likeness (QED) is 0.183. The first-order valence-corrected chi connectivity index (χ1v) is 16.6. The lowest BCUT2D eigenvalue weighted by Gasteiger charge is -2.32. The van der Waals surface area contributed by atoms with E-state index in [1.807, 2.05) is 0 Å². The fourth-order valence-corrected chi connectivity index (χ4v) is 8.60. The van der Waals surface area contributed by atoms with E-state index >= 15 is 0 Å². The summed E-state index contributed by atoms with van der Waals surface area (Å²) < 4.78 is 15.5.